The zero-order chi connectivity index (χ0) is 7.40. The van der Waals surface area contributed by atoms with Gasteiger partial charge in [0.05, 0.1) is 0 Å². The van der Waals surface area contributed by atoms with Crippen LogP contribution in [-0.4, -0.2) is 16.6 Å². The normalized spacial score (nSPS) is 13.4. The molecule has 1 nitrogen and oxygen atoms in total. The molecule has 10 heavy (non-hydrogen) atoms. The molecular formula is C8H13NS. The zero-order valence-electron chi connectivity index (χ0n) is 6.45. The van der Waals surface area contributed by atoms with Gasteiger partial charge in [0, 0.05) is 24.2 Å². The maximum absolute atomic E-state index is 2.23. The van der Waals surface area contributed by atoms with E-state index in [0.29, 0.717) is 6.04 Å². The molecule has 0 amide bonds. The van der Waals surface area contributed by atoms with Crippen molar-refractivity contribution >= 4 is 11.8 Å². The minimum absolute atomic E-state index is 0.630. The van der Waals surface area contributed by atoms with Crippen molar-refractivity contribution in [2.24, 2.45) is 0 Å². The van der Waals surface area contributed by atoms with Crippen LogP contribution < -0.4 is 0 Å². The SMILES string of the molecule is CSCC(C)n1cccc1. The van der Waals surface area contributed by atoms with Crippen LogP contribution in [0.3, 0.4) is 0 Å². The van der Waals surface area contributed by atoms with Crippen molar-refractivity contribution in [3.05, 3.63) is 24.5 Å². The lowest BCUT2D eigenvalue weighted by Gasteiger charge is -2.10. The van der Waals surface area contributed by atoms with Gasteiger partial charge in [0.25, 0.3) is 0 Å². The van der Waals surface area contributed by atoms with E-state index in [4.69, 9.17) is 0 Å². The van der Waals surface area contributed by atoms with Crippen LogP contribution in [-0.2, 0) is 0 Å². The predicted octanol–water partition coefficient (Wildman–Crippen LogP) is 2.41. The predicted molar refractivity (Wildman–Crippen MR) is 47.5 cm³/mol. The Balaban J connectivity index is 2.50. The second-order valence-corrected chi connectivity index (χ2v) is 3.35. The standard InChI is InChI=1S/C8H13NS/c1-8(7-10-2)9-5-3-4-6-9/h3-6,8H,7H2,1-2H3. The van der Waals surface area contributed by atoms with Crippen LogP contribution in [0.15, 0.2) is 24.5 Å². The molecule has 0 aliphatic carbocycles. The summed E-state index contributed by atoms with van der Waals surface area (Å²) in [6.45, 7) is 2.23. The fourth-order valence-corrected chi connectivity index (χ4v) is 1.62. The Morgan fingerprint density at radius 1 is 1.40 bits per heavy atom. The van der Waals surface area contributed by atoms with Crippen molar-refractivity contribution in [2.75, 3.05) is 12.0 Å². The molecular weight excluding hydrogens is 142 g/mol. The first-order valence-electron chi connectivity index (χ1n) is 3.46. The Morgan fingerprint density at radius 3 is 2.50 bits per heavy atom. The summed E-state index contributed by atoms with van der Waals surface area (Å²) in [4.78, 5) is 0. The van der Waals surface area contributed by atoms with Gasteiger partial charge in [-0.05, 0) is 25.3 Å². The summed E-state index contributed by atoms with van der Waals surface area (Å²) in [5.41, 5.74) is 0. The van der Waals surface area contributed by atoms with Gasteiger partial charge in [-0.2, -0.15) is 11.8 Å². The average molecular weight is 155 g/mol. The van der Waals surface area contributed by atoms with Crippen molar-refractivity contribution < 1.29 is 0 Å². The Morgan fingerprint density at radius 2 is 2.00 bits per heavy atom. The fourth-order valence-electron chi connectivity index (χ4n) is 0.969. The molecule has 1 unspecified atom stereocenters. The summed E-state index contributed by atoms with van der Waals surface area (Å²) in [6.07, 6.45) is 6.36. The quantitative estimate of drug-likeness (QED) is 0.649. The van der Waals surface area contributed by atoms with Crippen molar-refractivity contribution in [1.82, 2.24) is 4.57 Å². The lowest BCUT2D eigenvalue weighted by atomic mass is 10.4. The van der Waals surface area contributed by atoms with E-state index in [1.165, 1.54) is 5.75 Å². The number of nitrogens with zero attached hydrogens (tertiary/aromatic N) is 1. The van der Waals surface area contributed by atoms with Gasteiger partial charge in [0.1, 0.15) is 0 Å². The summed E-state index contributed by atoms with van der Waals surface area (Å²) in [7, 11) is 0. The third kappa shape index (κ3) is 1.81. The number of aromatic nitrogens is 1. The molecule has 0 fully saturated rings. The molecule has 56 valence electrons. The molecule has 1 heterocycles. The van der Waals surface area contributed by atoms with Gasteiger partial charge in [-0.3, -0.25) is 0 Å². The van der Waals surface area contributed by atoms with E-state index >= 15 is 0 Å². The molecule has 2 heteroatoms. The smallest absolute Gasteiger partial charge is 0.0392 e. The van der Waals surface area contributed by atoms with E-state index in [9.17, 15) is 0 Å². The largest absolute Gasteiger partial charge is 0.351 e. The third-order valence-electron chi connectivity index (χ3n) is 1.54. The zero-order valence-corrected chi connectivity index (χ0v) is 7.27. The van der Waals surface area contributed by atoms with Crippen molar-refractivity contribution in [3.8, 4) is 0 Å². The molecule has 0 N–H and O–H groups in total. The highest BCUT2D eigenvalue weighted by atomic mass is 32.2. The fraction of sp³-hybridized carbons (Fsp3) is 0.500. The molecule has 0 aliphatic heterocycles. The maximum Gasteiger partial charge on any atom is 0.0392 e. The van der Waals surface area contributed by atoms with Gasteiger partial charge in [-0.25, -0.2) is 0 Å². The monoisotopic (exact) mass is 155 g/mol. The molecule has 1 aromatic rings. The van der Waals surface area contributed by atoms with Crippen LogP contribution >= 0.6 is 11.8 Å². The Labute approximate surface area is 66.4 Å². The number of rotatable bonds is 3. The van der Waals surface area contributed by atoms with Gasteiger partial charge in [-0.1, -0.05) is 0 Å². The van der Waals surface area contributed by atoms with E-state index in [2.05, 4.69) is 42.3 Å². The van der Waals surface area contributed by atoms with Crippen LogP contribution in [0.2, 0.25) is 0 Å². The highest BCUT2D eigenvalue weighted by Gasteiger charge is 1.99. The summed E-state index contributed by atoms with van der Waals surface area (Å²) >= 11 is 1.89. The van der Waals surface area contributed by atoms with Gasteiger partial charge in [0.15, 0.2) is 0 Å². The van der Waals surface area contributed by atoms with E-state index in [1.807, 2.05) is 11.8 Å². The summed E-state index contributed by atoms with van der Waals surface area (Å²) in [5.74, 6) is 1.19. The maximum atomic E-state index is 2.23. The molecule has 1 atom stereocenters. The summed E-state index contributed by atoms with van der Waals surface area (Å²) < 4.78 is 2.23. The molecule has 0 bridgehead atoms. The Hall–Kier alpha value is -0.370. The first-order valence-corrected chi connectivity index (χ1v) is 4.85. The third-order valence-corrected chi connectivity index (χ3v) is 2.36. The summed E-state index contributed by atoms with van der Waals surface area (Å²) in [6, 6.07) is 4.76. The highest BCUT2D eigenvalue weighted by Crippen LogP contribution is 2.10. The Bertz CT molecular complexity index is 169. The molecule has 0 aromatic carbocycles. The van der Waals surface area contributed by atoms with Gasteiger partial charge in [-0.15, -0.1) is 0 Å². The van der Waals surface area contributed by atoms with Crippen LogP contribution in [0, 0.1) is 0 Å². The van der Waals surface area contributed by atoms with Crippen molar-refractivity contribution in [1.29, 1.82) is 0 Å². The minimum atomic E-state index is 0.630. The second kappa shape index (κ2) is 3.71. The van der Waals surface area contributed by atoms with Gasteiger partial charge >= 0.3 is 0 Å². The number of hydrogen-bond acceptors (Lipinski definition) is 1. The second-order valence-electron chi connectivity index (χ2n) is 2.43. The minimum Gasteiger partial charge on any atom is -0.351 e. The van der Waals surface area contributed by atoms with E-state index in [1.54, 1.807) is 0 Å². The van der Waals surface area contributed by atoms with Gasteiger partial charge in [0.2, 0.25) is 0 Å². The highest BCUT2D eigenvalue weighted by molar-refractivity contribution is 7.98. The van der Waals surface area contributed by atoms with E-state index in [0.717, 1.165) is 0 Å². The number of thioether (sulfide) groups is 1. The lowest BCUT2D eigenvalue weighted by Crippen LogP contribution is -2.04. The first-order chi connectivity index (χ1) is 4.84. The molecule has 1 aromatic heterocycles. The molecule has 0 spiro atoms. The van der Waals surface area contributed by atoms with Crippen molar-refractivity contribution in [3.63, 3.8) is 0 Å². The molecule has 1 rings (SSSR count). The summed E-state index contributed by atoms with van der Waals surface area (Å²) in [5, 5.41) is 0. The van der Waals surface area contributed by atoms with Crippen molar-refractivity contribution in [2.45, 2.75) is 13.0 Å². The number of hydrogen-bond donors (Lipinski definition) is 0. The average Bonchev–Trinajstić information content (AvgIpc) is 2.38. The Kier molecular flexibility index (Phi) is 2.87. The molecule has 0 saturated heterocycles. The van der Waals surface area contributed by atoms with Crippen LogP contribution in [0.25, 0.3) is 0 Å². The lowest BCUT2D eigenvalue weighted by molar-refractivity contribution is 0.613. The molecule has 0 saturated carbocycles. The van der Waals surface area contributed by atoms with Gasteiger partial charge < -0.3 is 4.57 Å². The first kappa shape index (κ1) is 7.73. The van der Waals surface area contributed by atoms with E-state index in [-0.39, 0.29) is 0 Å². The van der Waals surface area contributed by atoms with E-state index < -0.39 is 0 Å². The van der Waals surface area contributed by atoms with Crippen LogP contribution in [0.1, 0.15) is 13.0 Å². The van der Waals surface area contributed by atoms with Crippen LogP contribution in [0.5, 0.6) is 0 Å². The molecule has 0 radical (unpaired) electrons. The van der Waals surface area contributed by atoms with Crippen LogP contribution in [0.4, 0.5) is 0 Å². The molecule has 0 aliphatic rings. The topological polar surface area (TPSA) is 4.93 Å².